The summed E-state index contributed by atoms with van der Waals surface area (Å²) in [7, 11) is 0. The molecule has 4 rings (SSSR count). The molecule has 0 bridgehead atoms. The van der Waals surface area contributed by atoms with Crippen LogP contribution in [0.5, 0.6) is 0 Å². The molecule has 1 aromatic rings. The molecule has 6 heteroatoms. The number of nitrogens with one attached hydrogen (secondary N) is 1. The molecular weight excluding hydrogens is 342 g/mol. The van der Waals surface area contributed by atoms with Crippen molar-refractivity contribution in [3.05, 3.63) is 24.3 Å². The van der Waals surface area contributed by atoms with E-state index in [1.807, 2.05) is 12.1 Å². The van der Waals surface area contributed by atoms with Crippen LogP contribution in [0.3, 0.4) is 0 Å². The summed E-state index contributed by atoms with van der Waals surface area (Å²) in [6.45, 7) is 4.00. The summed E-state index contributed by atoms with van der Waals surface area (Å²) in [5.74, 6) is -0.287. The number of hydrogen-bond acceptors (Lipinski definition) is 4. The molecule has 3 saturated heterocycles. The second-order valence-corrected chi connectivity index (χ2v) is 7.85. The number of nitrogens with zero attached hydrogens (tertiary/aromatic N) is 2. The molecule has 0 saturated carbocycles. The van der Waals surface area contributed by atoms with Gasteiger partial charge in [0.25, 0.3) is 0 Å². The lowest BCUT2D eigenvalue weighted by Gasteiger charge is -2.29. The van der Waals surface area contributed by atoms with E-state index in [0.717, 1.165) is 38.2 Å². The Morgan fingerprint density at radius 3 is 2.52 bits per heavy atom. The third kappa shape index (κ3) is 4.26. The Morgan fingerprint density at radius 1 is 1.07 bits per heavy atom. The average molecular weight is 371 g/mol. The number of piperidine rings is 1. The third-order valence-electron chi connectivity index (χ3n) is 5.91. The molecule has 146 valence electrons. The Labute approximate surface area is 160 Å². The molecule has 27 heavy (non-hydrogen) atoms. The molecule has 2 amide bonds. The summed E-state index contributed by atoms with van der Waals surface area (Å²) in [6, 6.07) is 8.21. The topological polar surface area (TPSA) is 61.9 Å². The lowest BCUT2D eigenvalue weighted by Crippen LogP contribution is -2.37. The van der Waals surface area contributed by atoms with Gasteiger partial charge in [-0.05, 0) is 56.4 Å². The Balaban J connectivity index is 1.33. The standard InChI is InChI=1S/C21H29N3O3/c25-20-13-16(21(26)22-14-19-5-4-12-27-19)15-24(20)18-8-6-17(7-9-18)23-10-2-1-3-11-23/h6-9,16,19H,1-5,10-15H2,(H,22,26). The SMILES string of the molecule is O=C(NCC1CCCO1)C1CC(=O)N(c2ccc(N3CCCCC3)cc2)C1. The largest absolute Gasteiger partial charge is 0.376 e. The molecule has 3 aliphatic rings. The van der Waals surface area contributed by atoms with E-state index < -0.39 is 0 Å². The second kappa shape index (κ2) is 8.30. The van der Waals surface area contributed by atoms with Gasteiger partial charge >= 0.3 is 0 Å². The van der Waals surface area contributed by atoms with Crippen LogP contribution < -0.4 is 15.1 Å². The number of carbonyl (C=O) groups is 2. The summed E-state index contributed by atoms with van der Waals surface area (Å²) in [4.78, 5) is 29.0. The molecule has 2 unspecified atom stereocenters. The molecule has 3 fully saturated rings. The van der Waals surface area contributed by atoms with Crippen LogP contribution in [0.1, 0.15) is 38.5 Å². The summed E-state index contributed by atoms with van der Waals surface area (Å²) in [5, 5.41) is 2.96. The minimum Gasteiger partial charge on any atom is -0.376 e. The molecule has 0 spiro atoms. The van der Waals surface area contributed by atoms with Gasteiger partial charge < -0.3 is 19.9 Å². The van der Waals surface area contributed by atoms with E-state index in [2.05, 4.69) is 22.3 Å². The van der Waals surface area contributed by atoms with Crippen LogP contribution in [-0.4, -0.2) is 50.7 Å². The predicted octanol–water partition coefficient (Wildman–Crippen LogP) is 2.32. The molecule has 3 aliphatic heterocycles. The van der Waals surface area contributed by atoms with Gasteiger partial charge in [-0.25, -0.2) is 0 Å². The van der Waals surface area contributed by atoms with Crippen molar-refractivity contribution in [3.8, 4) is 0 Å². The lowest BCUT2D eigenvalue weighted by molar-refractivity contribution is -0.126. The van der Waals surface area contributed by atoms with Crippen LogP contribution in [0.4, 0.5) is 11.4 Å². The molecular formula is C21H29N3O3. The number of carbonyl (C=O) groups excluding carboxylic acids is 2. The van der Waals surface area contributed by atoms with E-state index in [9.17, 15) is 9.59 Å². The Hall–Kier alpha value is -2.08. The van der Waals surface area contributed by atoms with Crippen LogP contribution in [0.25, 0.3) is 0 Å². The van der Waals surface area contributed by atoms with Crippen molar-refractivity contribution in [2.75, 3.05) is 42.6 Å². The van der Waals surface area contributed by atoms with Crippen molar-refractivity contribution in [2.45, 2.75) is 44.6 Å². The van der Waals surface area contributed by atoms with Crippen LogP contribution in [0, 0.1) is 5.92 Å². The molecule has 2 atom stereocenters. The van der Waals surface area contributed by atoms with Crippen molar-refractivity contribution >= 4 is 23.2 Å². The minimum atomic E-state index is -0.277. The highest BCUT2D eigenvalue weighted by Crippen LogP contribution is 2.28. The van der Waals surface area contributed by atoms with Crippen LogP contribution in [-0.2, 0) is 14.3 Å². The van der Waals surface area contributed by atoms with Crippen molar-refractivity contribution < 1.29 is 14.3 Å². The van der Waals surface area contributed by atoms with E-state index in [1.54, 1.807) is 4.90 Å². The van der Waals surface area contributed by atoms with Gasteiger partial charge in [0, 0.05) is 50.6 Å². The quantitative estimate of drug-likeness (QED) is 0.863. The van der Waals surface area contributed by atoms with Crippen molar-refractivity contribution in [2.24, 2.45) is 5.92 Å². The highest BCUT2D eigenvalue weighted by Gasteiger charge is 2.35. The zero-order valence-corrected chi connectivity index (χ0v) is 15.9. The first kappa shape index (κ1) is 18.3. The van der Waals surface area contributed by atoms with Crippen LogP contribution in [0.2, 0.25) is 0 Å². The van der Waals surface area contributed by atoms with Gasteiger partial charge in [0.15, 0.2) is 0 Å². The fourth-order valence-electron chi connectivity index (χ4n) is 4.29. The van der Waals surface area contributed by atoms with Gasteiger partial charge in [0.05, 0.1) is 12.0 Å². The molecule has 0 aromatic heterocycles. The fraction of sp³-hybridized carbons (Fsp3) is 0.619. The molecule has 6 nitrogen and oxygen atoms in total. The molecule has 1 aromatic carbocycles. The minimum absolute atomic E-state index is 0.0259. The Kier molecular flexibility index (Phi) is 5.62. The zero-order chi connectivity index (χ0) is 18.6. The smallest absolute Gasteiger partial charge is 0.227 e. The van der Waals surface area contributed by atoms with Crippen LogP contribution >= 0.6 is 0 Å². The number of benzene rings is 1. The molecule has 0 aliphatic carbocycles. The maximum absolute atomic E-state index is 12.4. The molecule has 0 radical (unpaired) electrons. The van der Waals surface area contributed by atoms with E-state index in [4.69, 9.17) is 4.74 Å². The third-order valence-corrected chi connectivity index (χ3v) is 5.91. The average Bonchev–Trinajstić information content (AvgIpc) is 3.37. The normalized spacial score (nSPS) is 25.9. The maximum atomic E-state index is 12.4. The Morgan fingerprint density at radius 2 is 1.81 bits per heavy atom. The monoisotopic (exact) mass is 371 g/mol. The summed E-state index contributed by atoms with van der Waals surface area (Å²) in [6.07, 6.45) is 6.27. The van der Waals surface area contributed by atoms with Crippen molar-refractivity contribution in [1.29, 1.82) is 0 Å². The zero-order valence-electron chi connectivity index (χ0n) is 15.9. The van der Waals surface area contributed by atoms with Crippen LogP contribution in [0.15, 0.2) is 24.3 Å². The fourth-order valence-corrected chi connectivity index (χ4v) is 4.29. The van der Waals surface area contributed by atoms with Gasteiger partial charge in [0.1, 0.15) is 0 Å². The van der Waals surface area contributed by atoms with Gasteiger partial charge in [-0.1, -0.05) is 0 Å². The summed E-state index contributed by atoms with van der Waals surface area (Å²) >= 11 is 0. The van der Waals surface area contributed by atoms with E-state index >= 15 is 0 Å². The summed E-state index contributed by atoms with van der Waals surface area (Å²) in [5.41, 5.74) is 2.10. The van der Waals surface area contributed by atoms with Crippen molar-refractivity contribution in [1.82, 2.24) is 5.32 Å². The number of amides is 2. The highest BCUT2D eigenvalue weighted by molar-refractivity contribution is 6.00. The number of ether oxygens (including phenoxy) is 1. The Bertz CT molecular complexity index is 664. The number of anilines is 2. The molecule has 1 N–H and O–H groups in total. The lowest BCUT2D eigenvalue weighted by atomic mass is 10.1. The predicted molar refractivity (Wildman–Crippen MR) is 105 cm³/mol. The van der Waals surface area contributed by atoms with Crippen molar-refractivity contribution in [3.63, 3.8) is 0 Å². The molecule has 3 heterocycles. The highest BCUT2D eigenvalue weighted by atomic mass is 16.5. The first-order valence-corrected chi connectivity index (χ1v) is 10.3. The van der Waals surface area contributed by atoms with Gasteiger partial charge in [-0.2, -0.15) is 0 Å². The van der Waals surface area contributed by atoms with E-state index in [-0.39, 0.29) is 30.3 Å². The maximum Gasteiger partial charge on any atom is 0.227 e. The number of rotatable bonds is 5. The van der Waals surface area contributed by atoms with Gasteiger partial charge in [-0.15, -0.1) is 0 Å². The van der Waals surface area contributed by atoms with Gasteiger partial charge in [-0.3, -0.25) is 9.59 Å². The van der Waals surface area contributed by atoms with E-state index in [0.29, 0.717) is 13.1 Å². The van der Waals surface area contributed by atoms with E-state index in [1.165, 1.54) is 24.9 Å². The first-order chi connectivity index (χ1) is 13.2. The second-order valence-electron chi connectivity index (χ2n) is 7.85. The summed E-state index contributed by atoms with van der Waals surface area (Å²) < 4.78 is 5.54. The first-order valence-electron chi connectivity index (χ1n) is 10.3. The van der Waals surface area contributed by atoms with Gasteiger partial charge in [0.2, 0.25) is 11.8 Å². The number of hydrogen-bond donors (Lipinski definition) is 1.